The Kier molecular flexibility index (Phi) is 4.14. The van der Waals surface area contributed by atoms with E-state index in [2.05, 4.69) is 15.9 Å². The van der Waals surface area contributed by atoms with E-state index in [1.54, 1.807) is 0 Å². The number of carboxylic acid groups (broad SMARTS) is 1. The van der Waals surface area contributed by atoms with Gasteiger partial charge in [0.15, 0.2) is 0 Å². The molecule has 2 aromatic rings. The number of hydrogen-bond acceptors (Lipinski definition) is 3. The summed E-state index contributed by atoms with van der Waals surface area (Å²) in [6.45, 7) is 0. The normalized spacial score (nSPS) is 10.1. The van der Waals surface area contributed by atoms with E-state index in [0.717, 1.165) is 6.07 Å². The van der Waals surface area contributed by atoms with Gasteiger partial charge in [0.25, 0.3) is 0 Å². The van der Waals surface area contributed by atoms with E-state index in [9.17, 15) is 14.0 Å². The predicted molar refractivity (Wildman–Crippen MR) is 72.5 cm³/mol. The number of carbonyl (C=O) groups excluding carboxylic acids is 1. The van der Waals surface area contributed by atoms with Crippen LogP contribution in [0.4, 0.5) is 4.39 Å². The van der Waals surface area contributed by atoms with Crippen molar-refractivity contribution in [1.82, 2.24) is 0 Å². The van der Waals surface area contributed by atoms with Crippen molar-refractivity contribution in [2.75, 3.05) is 0 Å². The van der Waals surface area contributed by atoms with Crippen molar-refractivity contribution in [3.63, 3.8) is 0 Å². The van der Waals surface area contributed by atoms with Crippen LogP contribution in [0.3, 0.4) is 0 Å². The number of halogens is 2. The third-order valence-corrected chi connectivity index (χ3v) is 3.09. The smallest absolute Gasteiger partial charge is 0.346 e. The molecule has 1 N–H and O–H groups in total. The fourth-order valence-corrected chi connectivity index (χ4v) is 1.96. The minimum atomic E-state index is -1.10. The van der Waals surface area contributed by atoms with Crippen molar-refractivity contribution in [3.05, 3.63) is 63.9 Å². The standard InChI is InChI=1S/C14H8BrFO4/c15-10-7-8(13(17)18)5-6-12(10)20-14(19)9-3-1-2-4-11(9)16/h1-7H,(H,17,18). The van der Waals surface area contributed by atoms with Crippen molar-refractivity contribution < 1.29 is 23.8 Å². The van der Waals surface area contributed by atoms with Gasteiger partial charge >= 0.3 is 11.9 Å². The molecule has 0 bridgehead atoms. The Hall–Kier alpha value is -2.21. The Balaban J connectivity index is 2.25. The number of esters is 1. The van der Waals surface area contributed by atoms with Gasteiger partial charge in [0, 0.05) is 0 Å². The highest BCUT2D eigenvalue weighted by molar-refractivity contribution is 9.10. The van der Waals surface area contributed by atoms with Gasteiger partial charge in [-0.25, -0.2) is 14.0 Å². The molecule has 0 aliphatic carbocycles. The topological polar surface area (TPSA) is 63.6 Å². The summed E-state index contributed by atoms with van der Waals surface area (Å²) in [5.41, 5.74) is -0.149. The third-order valence-electron chi connectivity index (χ3n) is 2.48. The van der Waals surface area contributed by atoms with Crippen LogP contribution in [-0.4, -0.2) is 17.0 Å². The van der Waals surface area contributed by atoms with Gasteiger partial charge in [-0.05, 0) is 46.3 Å². The summed E-state index contributed by atoms with van der Waals surface area (Å²) in [5.74, 6) is -2.52. The fourth-order valence-electron chi connectivity index (χ4n) is 1.50. The van der Waals surface area contributed by atoms with Crippen molar-refractivity contribution in [1.29, 1.82) is 0 Å². The number of rotatable bonds is 3. The van der Waals surface area contributed by atoms with Crippen LogP contribution in [0, 0.1) is 5.82 Å². The Morgan fingerprint density at radius 3 is 2.45 bits per heavy atom. The van der Waals surface area contributed by atoms with Crippen molar-refractivity contribution in [3.8, 4) is 5.75 Å². The van der Waals surface area contributed by atoms with Crippen molar-refractivity contribution in [2.45, 2.75) is 0 Å². The second kappa shape index (κ2) is 5.83. The maximum absolute atomic E-state index is 13.4. The van der Waals surface area contributed by atoms with Gasteiger partial charge in [0.05, 0.1) is 15.6 Å². The lowest BCUT2D eigenvalue weighted by Gasteiger charge is -2.07. The number of aromatic carboxylic acids is 1. The van der Waals surface area contributed by atoms with Gasteiger partial charge in [-0.2, -0.15) is 0 Å². The minimum Gasteiger partial charge on any atom is -0.478 e. The van der Waals surface area contributed by atoms with Gasteiger partial charge < -0.3 is 9.84 Å². The van der Waals surface area contributed by atoms with Crippen LogP contribution in [-0.2, 0) is 0 Å². The first-order valence-corrected chi connectivity index (χ1v) is 6.28. The zero-order valence-corrected chi connectivity index (χ0v) is 11.6. The van der Waals surface area contributed by atoms with Gasteiger partial charge in [-0.3, -0.25) is 0 Å². The monoisotopic (exact) mass is 338 g/mol. The van der Waals surface area contributed by atoms with Gasteiger partial charge in [-0.1, -0.05) is 12.1 Å². The van der Waals surface area contributed by atoms with E-state index >= 15 is 0 Å². The fraction of sp³-hybridized carbons (Fsp3) is 0. The first kappa shape index (κ1) is 14.2. The van der Waals surface area contributed by atoms with Crippen LogP contribution >= 0.6 is 15.9 Å². The molecule has 0 aliphatic heterocycles. The number of ether oxygens (including phenoxy) is 1. The Labute approximate surface area is 121 Å². The molecule has 6 heteroatoms. The van der Waals surface area contributed by atoms with Crippen LogP contribution < -0.4 is 4.74 Å². The molecule has 0 amide bonds. The van der Waals surface area contributed by atoms with Crippen LogP contribution in [0.15, 0.2) is 46.9 Å². The maximum Gasteiger partial charge on any atom is 0.346 e. The molecule has 102 valence electrons. The summed E-state index contributed by atoms with van der Waals surface area (Å²) in [6, 6.07) is 9.35. The zero-order chi connectivity index (χ0) is 14.7. The molecule has 2 rings (SSSR count). The van der Waals surface area contributed by atoms with Crippen LogP contribution in [0.1, 0.15) is 20.7 Å². The highest BCUT2D eigenvalue weighted by Gasteiger charge is 2.15. The Bertz CT molecular complexity index is 685. The predicted octanol–water partition coefficient (Wildman–Crippen LogP) is 3.51. The molecular formula is C14H8BrFO4. The molecular weight excluding hydrogens is 331 g/mol. The van der Waals surface area contributed by atoms with Crippen LogP contribution in [0.5, 0.6) is 5.75 Å². The first-order chi connectivity index (χ1) is 9.49. The van der Waals surface area contributed by atoms with E-state index in [4.69, 9.17) is 9.84 Å². The Morgan fingerprint density at radius 1 is 1.15 bits per heavy atom. The van der Waals surface area contributed by atoms with Crippen LogP contribution in [0.25, 0.3) is 0 Å². The summed E-state index contributed by atoms with van der Waals surface area (Å²) >= 11 is 3.10. The molecule has 0 unspecified atom stereocenters. The summed E-state index contributed by atoms with van der Waals surface area (Å²) in [6.07, 6.45) is 0. The first-order valence-electron chi connectivity index (χ1n) is 5.48. The molecule has 0 fully saturated rings. The summed E-state index contributed by atoms with van der Waals surface area (Å²) in [5, 5.41) is 8.82. The Morgan fingerprint density at radius 2 is 1.85 bits per heavy atom. The lowest BCUT2D eigenvalue weighted by Crippen LogP contribution is -2.11. The average molecular weight is 339 g/mol. The molecule has 0 aromatic heterocycles. The number of carbonyl (C=O) groups is 2. The summed E-state index contributed by atoms with van der Waals surface area (Å²) in [7, 11) is 0. The third kappa shape index (κ3) is 3.03. The lowest BCUT2D eigenvalue weighted by atomic mass is 10.2. The zero-order valence-electron chi connectivity index (χ0n) is 9.97. The molecule has 0 spiro atoms. The van der Waals surface area contributed by atoms with E-state index in [1.807, 2.05) is 0 Å². The molecule has 2 aromatic carbocycles. The minimum absolute atomic E-state index is 0.0440. The van der Waals surface area contributed by atoms with Crippen LogP contribution in [0.2, 0.25) is 0 Å². The average Bonchev–Trinajstić information content (AvgIpc) is 2.41. The molecule has 0 aliphatic rings. The molecule has 0 saturated carbocycles. The summed E-state index contributed by atoms with van der Waals surface area (Å²) in [4.78, 5) is 22.6. The lowest BCUT2D eigenvalue weighted by molar-refractivity contribution is 0.0696. The van der Waals surface area contributed by atoms with Crippen molar-refractivity contribution in [2.24, 2.45) is 0 Å². The molecule has 20 heavy (non-hydrogen) atoms. The highest BCUT2D eigenvalue weighted by atomic mass is 79.9. The molecule has 4 nitrogen and oxygen atoms in total. The van der Waals surface area contributed by atoms with E-state index in [-0.39, 0.29) is 16.9 Å². The largest absolute Gasteiger partial charge is 0.478 e. The van der Waals surface area contributed by atoms with E-state index in [0.29, 0.717) is 4.47 Å². The second-order valence-corrected chi connectivity index (χ2v) is 4.67. The molecule has 0 radical (unpaired) electrons. The SMILES string of the molecule is O=C(O)c1ccc(OC(=O)c2ccccc2F)c(Br)c1. The quantitative estimate of drug-likeness (QED) is 0.687. The number of hydrogen-bond donors (Lipinski definition) is 1. The van der Waals surface area contributed by atoms with Gasteiger partial charge in [0.1, 0.15) is 11.6 Å². The van der Waals surface area contributed by atoms with Crippen molar-refractivity contribution >= 4 is 27.9 Å². The van der Waals surface area contributed by atoms with E-state index in [1.165, 1.54) is 36.4 Å². The maximum atomic E-state index is 13.4. The number of benzene rings is 2. The van der Waals surface area contributed by atoms with Gasteiger partial charge in [-0.15, -0.1) is 0 Å². The second-order valence-electron chi connectivity index (χ2n) is 3.82. The molecule has 0 saturated heterocycles. The van der Waals surface area contributed by atoms with Gasteiger partial charge in [0.2, 0.25) is 0 Å². The molecule has 0 heterocycles. The molecule has 0 atom stereocenters. The van der Waals surface area contributed by atoms with E-state index < -0.39 is 17.8 Å². The summed E-state index contributed by atoms with van der Waals surface area (Å²) < 4.78 is 18.7. The highest BCUT2D eigenvalue weighted by Crippen LogP contribution is 2.27. The number of carboxylic acids is 1.